The summed E-state index contributed by atoms with van der Waals surface area (Å²) >= 11 is 0. The lowest BCUT2D eigenvalue weighted by Gasteiger charge is -1.98. The highest BCUT2D eigenvalue weighted by atomic mass is 16.5. The van der Waals surface area contributed by atoms with Crippen molar-refractivity contribution in [2.24, 2.45) is 0 Å². The number of nitrogens with one attached hydrogen (secondary N) is 1. The van der Waals surface area contributed by atoms with E-state index in [0.29, 0.717) is 0 Å². The van der Waals surface area contributed by atoms with Gasteiger partial charge >= 0.3 is 11.9 Å². The number of hydrogen-bond acceptors (Lipinski definition) is 5. The van der Waals surface area contributed by atoms with Crippen LogP contribution in [0.5, 0.6) is 0 Å². The Hall–Kier alpha value is -1.85. The molecule has 0 saturated heterocycles. The normalized spacial score (nSPS) is 9.57. The van der Waals surface area contributed by atoms with E-state index in [4.69, 9.17) is 0 Å². The van der Waals surface area contributed by atoms with E-state index in [0.717, 1.165) is 12.2 Å². The minimum atomic E-state index is -0.641. The average molecular weight is 201 g/mol. The molecule has 78 valence electrons. The Bertz CT molecular complexity index is 258. The molecular weight excluding hydrogens is 190 g/mol. The van der Waals surface area contributed by atoms with Crippen LogP contribution in [0.25, 0.3) is 0 Å². The van der Waals surface area contributed by atoms with Crippen LogP contribution < -0.4 is 5.32 Å². The number of hydrogen-bond donors (Lipinski definition) is 1. The van der Waals surface area contributed by atoms with Crippen LogP contribution >= 0.6 is 0 Å². The smallest absolute Gasteiger partial charge is 0.330 e. The fourth-order valence-corrected chi connectivity index (χ4v) is 0.502. The highest BCUT2D eigenvalue weighted by molar-refractivity contribution is 5.95. The third-order valence-corrected chi connectivity index (χ3v) is 1.21. The molecule has 0 radical (unpaired) electrons. The van der Waals surface area contributed by atoms with Gasteiger partial charge in [0.1, 0.15) is 6.54 Å². The van der Waals surface area contributed by atoms with Crippen molar-refractivity contribution < 1.29 is 23.9 Å². The fourth-order valence-electron chi connectivity index (χ4n) is 0.502. The third-order valence-electron chi connectivity index (χ3n) is 1.21. The quantitative estimate of drug-likeness (QED) is 0.466. The Labute approximate surface area is 80.9 Å². The molecule has 1 N–H and O–H groups in total. The summed E-state index contributed by atoms with van der Waals surface area (Å²) in [6, 6.07) is 0. The summed E-state index contributed by atoms with van der Waals surface area (Å²) in [4.78, 5) is 32.0. The molecule has 0 atom stereocenters. The molecule has 0 fully saturated rings. The molecule has 0 aromatic heterocycles. The van der Waals surface area contributed by atoms with Crippen molar-refractivity contribution >= 4 is 17.8 Å². The molecule has 14 heavy (non-hydrogen) atoms. The van der Waals surface area contributed by atoms with Gasteiger partial charge in [0.05, 0.1) is 14.2 Å². The molecule has 0 aromatic carbocycles. The van der Waals surface area contributed by atoms with Gasteiger partial charge in [0.25, 0.3) is 0 Å². The van der Waals surface area contributed by atoms with Crippen LogP contribution in [0, 0.1) is 0 Å². The van der Waals surface area contributed by atoms with Crippen LogP contribution in [0.3, 0.4) is 0 Å². The fraction of sp³-hybridized carbons (Fsp3) is 0.375. The first-order chi connectivity index (χ1) is 6.60. The lowest BCUT2D eigenvalue weighted by Crippen LogP contribution is -2.28. The second kappa shape index (κ2) is 6.64. The number of carbonyl (C=O) groups excluding carboxylic acids is 3. The van der Waals surface area contributed by atoms with Crippen LogP contribution in [0.1, 0.15) is 0 Å². The van der Waals surface area contributed by atoms with Gasteiger partial charge in [0.15, 0.2) is 0 Å². The van der Waals surface area contributed by atoms with Gasteiger partial charge in [-0.3, -0.25) is 9.59 Å². The van der Waals surface area contributed by atoms with Crippen LogP contribution in [0.15, 0.2) is 12.2 Å². The van der Waals surface area contributed by atoms with Crippen LogP contribution in [-0.4, -0.2) is 38.6 Å². The minimum absolute atomic E-state index is 0.235. The zero-order valence-electron chi connectivity index (χ0n) is 7.90. The van der Waals surface area contributed by atoms with Crippen molar-refractivity contribution in [3.05, 3.63) is 12.2 Å². The van der Waals surface area contributed by atoms with Gasteiger partial charge in [0.2, 0.25) is 5.91 Å². The number of amides is 1. The topological polar surface area (TPSA) is 81.7 Å². The van der Waals surface area contributed by atoms with E-state index < -0.39 is 17.8 Å². The van der Waals surface area contributed by atoms with Gasteiger partial charge in [-0.25, -0.2) is 4.79 Å². The Morgan fingerprint density at radius 3 is 2.29 bits per heavy atom. The summed E-state index contributed by atoms with van der Waals surface area (Å²) in [5.41, 5.74) is 0. The molecule has 0 rings (SSSR count). The summed E-state index contributed by atoms with van der Waals surface area (Å²) in [5, 5.41) is 2.20. The van der Waals surface area contributed by atoms with E-state index in [1.807, 2.05) is 0 Å². The Balaban J connectivity index is 3.81. The van der Waals surface area contributed by atoms with E-state index in [-0.39, 0.29) is 6.54 Å². The van der Waals surface area contributed by atoms with E-state index >= 15 is 0 Å². The summed E-state index contributed by atoms with van der Waals surface area (Å²) in [7, 11) is 2.40. The molecular formula is C8H11NO5. The van der Waals surface area contributed by atoms with Gasteiger partial charge in [-0.15, -0.1) is 0 Å². The lowest BCUT2D eigenvalue weighted by atomic mass is 10.4. The third kappa shape index (κ3) is 5.76. The van der Waals surface area contributed by atoms with Gasteiger partial charge in [-0.2, -0.15) is 0 Å². The second-order valence-corrected chi connectivity index (χ2v) is 2.15. The maximum Gasteiger partial charge on any atom is 0.330 e. The molecule has 0 unspecified atom stereocenters. The molecule has 6 nitrogen and oxygen atoms in total. The highest BCUT2D eigenvalue weighted by Gasteiger charge is 2.02. The molecule has 0 saturated carbocycles. The predicted molar refractivity (Wildman–Crippen MR) is 46.2 cm³/mol. The van der Waals surface area contributed by atoms with Crippen molar-refractivity contribution in [3.63, 3.8) is 0 Å². The summed E-state index contributed by atoms with van der Waals surface area (Å²) < 4.78 is 8.53. The molecule has 1 amide bonds. The van der Waals surface area contributed by atoms with Crippen molar-refractivity contribution in [1.29, 1.82) is 0 Å². The first-order valence-electron chi connectivity index (χ1n) is 3.70. The van der Waals surface area contributed by atoms with Gasteiger partial charge in [0, 0.05) is 12.2 Å². The Morgan fingerprint density at radius 2 is 1.79 bits per heavy atom. The molecule has 0 aromatic rings. The molecule has 0 bridgehead atoms. The zero-order chi connectivity index (χ0) is 11.0. The number of ether oxygens (including phenoxy) is 2. The summed E-state index contributed by atoms with van der Waals surface area (Å²) in [5.74, 6) is -1.77. The second-order valence-electron chi connectivity index (χ2n) is 2.15. The number of carbonyl (C=O) groups is 3. The first kappa shape index (κ1) is 12.2. The highest BCUT2D eigenvalue weighted by Crippen LogP contribution is 1.79. The zero-order valence-corrected chi connectivity index (χ0v) is 7.90. The van der Waals surface area contributed by atoms with E-state index in [9.17, 15) is 14.4 Å². The summed E-state index contributed by atoms with van der Waals surface area (Å²) in [6.07, 6.45) is 1.92. The maximum absolute atomic E-state index is 10.9. The van der Waals surface area contributed by atoms with Gasteiger partial charge < -0.3 is 14.8 Å². The van der Waals surface area contributed by atoms with Gasteiger partial charge in [-0.05, 0) is 0 Å². The molecule has 6 heteroatoms. The van der Waals surface area contributed by atoms with Crippen molar-refractivity contribution in [3.8, 4) is 0 Å². The molecule has 0 aliphatic heterocycles. The summed E-state index contributed by atoms with van der Waals surface area (Å²) in [6.45, 7) is -0.235. The van der Waals surface area contributed by atoms with Crippen molar-refractivity contribution in [2.75, 3.05) is 20.8 Å². The average Bonchev–Trinajstić information content (AvgIpc) is 2.22. The Kier molecular flexibility index (Phi) is 5.77. The van der Waals surface area contributed by atoms with Crippen LogP contribution in [0.2, 0.25) is 0 Å². The largest absolute Gasteiger partial charge is 0.468 e. The van der Waals surface area contributed by atoms with Crippen LogP contribution in [-0.2, 0) is 23.9 Å². The number of esters is 2. The molecule has 0 aliphatic rings. The maximum atomic E-state index is 10.9. The SMILES string of the molecule is COC(=O)/C=C\C(=O)NCC(=O)OC. The van der Waals surface area contributed by atoms with Crippen molar-refractivity contribution in [1.82, 2.24) is 5.32 Å². The minimum Gasteiger partial charge on any atom is -0.468 e. The number of methoxy groups -OCH3 is 2. The van der Waals surface area contributed by atoms with E-state index in [1.54, 1.807) is 0 Å². The molecule has 0 aliphatic carbocycles. The Morgan fingerprint density at radius 1 is 1.14 bits per heavy atom. The molecule has 0 heterocycles. The first-order valence-corrected chi connectivity index (χ1v) is 3.70. The standard InChI is InChI=1S/C8H11NO5/c1-13-7(11)4-3-6(10)9-5-8(12)14-2/h3-4H,5H2,1-2H3,(H,9,10)/b4-3-. The van der Waals surface area contributed by atoms with Crippen molar-refractivity contribution in [2.45, 2.75) is 0 Å². The van der Waals surface area contributed by atoms with E-state index in [2.05, 4.69) is 14.8 Å². The molecule has 0 spiro atoms. The predicted octanol–water partition coefficient (Wildman–Crippen LogP) is -0.995. The van der Waals surface area contributed by atoms with Crippen LogP contribution in [0.4, 0.5) is 0 Å². The monoisotopic (exact) mass is 201 g/mol. The number of rotatable bonds is 4. The lowest BCUT2D eigenvalue weighted by molar-refractivity contribution is -0.140. The van der Waals surface area contributed by atoms with Gasteiger partial charge in [-0.1, -0.05) is 0 Å². The van der Waals surface area contributed by atoms with E-state index in [1.165, 1.54) is 14.2 Å².